The van der Waals surface area contributed by atoms with Crippen molar-refractivity contribution in [1.29, 1.82) is 0 Å². The molecule has 1 saturated heterocycles. The van der Waals surface area contributed by atoms with Crippen molar-refractivity contribution < 1.29 is 4.79 Å². The second-order valence-corrected chi connectivity index (χ2v) is 7.97. The molecule has 0 unspecified atom stereocenters. The molecule has 6 heteroatoms. The van der Waals surface area contributed by atoms with Crippen molar-refractivity contribution in [2.24, 2.45) is 0 Å². The van der Waals surface area contributed by atoms with E-state index in [-0.39, 0.29) is 5.91 Å². The van der Waals surface area contributed by atoms with Crippen LogP contribution in [0, 0.1) is 0 Å². The Morgan fingerprint density at radius 1 is 0.935 bits per heavy atom. The minimum atomic E-state index is -0.0401. The van der Waals surface area contributed by atoms with Gasteiger partial charge in [0.2, 0.25) is 0 Å². The number of rotatable bonds is 8. The number of piperazine rings is 1. The molecular weight excluding hydrogens is 386 g/mol. The number of carbonyl (C=O) groups excluding carboxylic acids is 1. The third-order valence-electron chi connectivity index (χ3n) is 5.88. The maximum atomic E-state index is 12.8. The molecule has 0 atom stereocenters. The van der Waals surface area contributed by atoms with Gasteiger partial charge in [-0.2, -0.15) is 5.10 Å². The number of nitrogens with one attached hydrogen (secondary N) is 1. The highest BCUT2D eigenvalue weighted by molar-refractivity contribution is 5.95. The smallest absolute Gasteiger partial charge is 0.254 e. The summed E-state index contributed by atoms with van der Waals surface area (Å²) in [5.41, 5.74) is 3.95. The molecule has 6 nitrogen and oxygen atoms in total. The van der Waals surface area contributed by atoms with E-state index in [4.69, 9.17) is 0 Å². The lowest BCUT2D eigenvalue weighted by atomic mass is 10.2. The van der Waals surface area contributed by atoms with E-state index in [1.165, 1.54) is 5.56 Å². The third kappa shape index (κ3) is 5.40. The summed E-state index contributed by atoms with van der Waals surface area (Å²) in [5.74, 6) is -0.0401. The Balaban J connectivity index is 1.24. The number of hydrogen-bond acceptors (Lipinski definition) is 4. The van der Waals surface area contributed by atoms with Crippen molar-refractivity contribution in [3.63, 3.8) is 0 Å². The van der Waals surface area contributed by atoms with E-state index in [0.29, 0.717) is 12.1 Å². The lowest BCUT2D eigenvalue weighted by molar-refractivity contribution is 0.0933. The van der Waals surface area contributed by atoms with Gasteiger partial charge in [0.25, 0.3) is 5.91 Å². The van der Waals surface area contributed by atoms with Crippen LogP contribution in [0.5, 0.6) is 0 Å². The lowest BCUT2D eigenvalue weighted by Gasteiger charge is -2.34. The van der Waals surface area contributed by atoms with Crippen molar-refractivity contribution in [2.75, 3.05) is 39.3 Å². The number of hydrogen-bond donors (Lipinski definition) is 1. The topological polar surface area (TPSA) is 53.4 Å². The molecule has 1 N–H and O–H groups in total. The van der Waals surface area contributed by atoms with Gasteiger partial charge < -0.3 is 5.32 Å². The zero-order valence-corrected chi connectivity index (χ0v) is 18.2. The van der Waals surface area contributed by atoms with E-state index in [0.717, 1.165) is 57.1 Å². The highest BCUT2D eigenvalue weighted by Gasteiger charge is 2.19. The zero-order chi connectivity index (χ0) is 21.5. The first-order valence-electron chi connectivity index (χ1n) is 11.1. The monoisotopic (exact) mass is 417 g/mol. The predicted octanol–water partition coefficient (Wildman–Crippen LogP) is 2.98. The minimum absolute atomic E-state index is 0.0401. The molecule has 0 aliphatic carbocycles. The molecule has 1 aliphatic rings. The standard InChI is InChI=1S/C25H31N5O/c1-2-24-23(19-27-30(24)22-11-7-4-8-12-22)25(31)26-13-14-28-15-17-29(18-16-28)20-21-9-5-3-6-10-21/h3-12,19H,2,13-18,20H2,1H3,(H,26,31). The van der Waals surface area contributed by atoms with Gasteiger partial charge in [-0.1, -0.05) is 55.5 Å². The molecule has 1 aliphatic heterocycles. The van der Waals surface area contributed by atoms with Crippen LogP contribution in [0.15, 0.2) is 66.9 Å². The van der Waals surface area contributed by atoms with Gasteiger partial charge in [-0.25, -0.2) is 4.68 Å². The van der Waals surface area contributed by atoms with Gasteiger partial charge in [-0.05, 0) is 24.1 Å². The first-order chi connectivity index (χ1) is 15.2. The largest absolute Gasteiger partial charge is 0.351 e. The molecule has 162 valence electrons. The SMILES string of the molecule is CCc1c(C(=O)NCCN2CCN(Cc3ccccc3)CC2)cnn1-c1ccccc1. The molecule has 0 radical (unpaired) electrons. The molecule has 4 rings (SSSR count). The van der Waals surface area contributed by atoms with Crippen molar-refractivity contribution >= 4 is 5.91 Å². The Hall–Kier alpha value is -2.96. The number of amides is 1. The van der Waals surface area contributed by atoms with Crippen molar-refractivity contribution in [2.45, 2.75) is 19.9 Å². The summed E-state index contributed by atoms with van der Waals surface area (Å²) in [7, 11) is 0. The van der Waals surface area contributed by atoms with Crippen LogP contribution in [-0.4, -0.2) is 64.8 Å². The quantitative estimate of drug-likeness (QED) is 0.612. The number of para-hydroxylation sites is 1. The summed E-state index contributed by atoms with van der Waals surface area (Å²) >= 11 is 0. The molecule has 1 amide bonds. The van der Waals surface area contributed by atoms with Crippen LogP contribution in [0.1, 0.15) is 28.5 Å². The lowest BCUT2D eigenvalue weighted by Crippen LogP contribution is -2.48. The average molecular weight is 418 g/mol. The fraction of sp³-hybridized carbons (Fsp3) is 0.360. The second-order valence-electron chi connectivity index (χ2n) is 7.97. The molecule has 2 heterocycles. The highest BCUT2D eigenvalue weighted by atomic mass is 16.1. The van der Waals surface area contributed by atoms with E-state index < -0.39 is 0 Å². The Labute approximate surface area is 184 Å². The Morgan fingerprint density at radius 3 is 2.26 bits per heavy atom. The van der Waals surface area contributed by atoms with E-state index >= 15 is 0 Å². The maximum absolute atomic E-state index is 12.8. The number of aromatic nitrogens is 2. The van der Waals surface area contributed by atoms with E-state index in [1.54, 1.807) is 6.20 Å². The zero-order valence-electron chi connectivity index (χ0n) is 18.2. The summed E-state index contributed by atoms with van der Waals surface area (Å²) < 4.78 is 1.86. The van der Waals surface area contributed by atoms with Crippen LogP contribution in [0.25, 0.3) is 5.69 Å². The number of carbonyl (C=O) groups is 1. The summed E-state index contributed by atoms with van der Waals surface area (Å²) in [6, 6.07) is 20.6. The van der Waals surface area contributed by atoms with Crippen LogP contribution in [-0.2, 0) is 13.0 Å². The fourth-order valence-corrected chi connectivity index (χ4v) is 4.13. The second kappa shape index (κ2) is 10.4. The van der Waals surface area contributed by atoms with Gasteiger partial charge in [0.05, 0.1) is 23.1 Å². The van der Waals surface area contributed by atoms with Crippen molar-refractivity contribution in [3.05, 3.63) is 83.7 Å². The van der Waals surface area contributed by atoms with E-state index in [2.05, 4.69) is 57.5 Å². The normalized spacial score (nSPS) is 15.1. The van der Waals surface area contributed by atoms with Crippen molar-refractivity contribution in [1.82, 2.24) is 24.9 Å². The molecule has 1 fully saturated rings. The van der Waals surface area contributed by atoms with Crippen LogP contribution >= 0.6 is 0 Å². The Morgan fingerprint density at radius 2 is 1.58 bits per heavy atom. The molecule has 2 aromatic carbocycles. The van der Waals surface area contributed by atoms with Gasteiger partial charge in [0.1, 0.15) is 0 Å². The van der Waals surface area contributed by atoms with E-state index in [9.17, 15) is 4.79 Å². The number of nitrogens with zero attached hydrogens (tertiary/aromatic N) is 4. The minimum Gasteiger partial charge on any atom is -0.351 e. The van der Waals surface area contributed by atoms with E-state index in [1.807, 2.05) is 35.0 Å². The van der Waals surface area contributed by atoms with Gasteiger partial charge in [0.15, 0.2) is 0 Å². The Kier molecular flexibility index (Phi) is 7.12. The average Bonchev–Trinajstić information content (AvgIpc) is 3.26. The highest BCUT2D eigenvalue weighted by Crippen LogP contribution is 2.15. The fourth-order valence-electron chi connectivity index (χ4n) is 4.13. The molecule has 31 heavy (non-hydrogen) atoms. The molecule has 0 spiro atoms. The Bertz CT molecular complexity index is 962. The van der Waals surface area contributed by atoms with Gasteiger partial charge >= 0.3 is 0 Å². The van der Waals surface area contributed by atoms with Crippen LogP contribution < -0.4 is 5.32 Å². The first kappa shape index (κ1) is 21.3. The van der Waals surface area contributed by atoms with Crippen LogP contribution in [0.3, 0.4) is 0 Å². The first-order valence-corrected chi connectivity index (χ1v) is 11.1. The summed E-state index contributed by atoms with van der Waals surface area (Å²) in [4.78, 5) is 17.7. The summed E-state index contributed by atoms with van der Waals surface area (Å²) in [6.45, 7) is 8.79. The van der Waals surface area contributed by atoms with Crippen LogP contribution in [0.4, 0.5) is 0 Å². The maximum Gasteiger partial charge on any atom is 0.254 e. The third-order valence-corrected chi connectivity index (χ3v) is 5.88. The van der Waals surface area contributed by atoms with Crippen LogP contribution in [0.2, 0.25) is 0 Å². The molecule has 0 bridgehead atoms. The van der Waals surface area contributed by atoms with Gasteiger partial charge in [-0.15, -0.1) is 0 Å². The molecule has 0 saturated carbocycles. The number of benzene rings is 2. The summed E-state index contributed by atoms with van der Waals surface area (Å²) in [5, 5.41) is 7.55. The summed E-state index contributed by atoms with van der Waals surface area (Å²) in [6.07, 6.45) is 2.44. The predicted molar refractivity (Wildman–Crippen MR) is 123 cm³/mol. The van der Waals surface area contributed by atoms with Gasteiger partial charge in [0, 0.05) is 45.8 Å². The molecular formula is C25H31N5O. The van der Waals surface area contributed by atoms with Crippen molar-refractivity contribution in [3.8, 4) is 5.69 Å². The molecule has 3 aromatic rings. The molecule has 1 aromatic heterocycles. The van der Waals surface area contributed by atoms with Gasteiger partial charge in [-0.3, -0.25) is 14.6 Å².